The van der Waals surface area contributed by atoms with E-state index in [4.69, 9.17) is 14.0 Å². The number of rotatable bonds is 6. The van der Waals surface area contributed by atoms with Crippen molar-refractivity contribution in [3.63, 3.8) is 0 Å². The molecule has 1 aliphatic rings. The van der Waals surface area contributed by atoms with Gasteiger partial charge in [0.25, 0.3) is 10.1 Å². The van der Waals surface area contributed by atoms with Crippen molar-refractivity contribution in [2.45, 2.75) is 49.9 Å². The summed E-state index contributed by atoms with van der Waals surface area (Å²) in [6.07, 6.45) is 3.14. The molecule has 7 heteroatoms. The molecule has 0 spiro atoms. The Morgan fingerprint density at radius 3 is 2.34 bits per heavy atom. The van der Waals surface area contributed by atoms with E-state index in [9.17, 15) is 8.42 Å². The minimum absolute atomic E-state index is 0.0666. The third kappa shape index (κ3) is 6.90. The van der Waals surface area contributed by atoms with E-state index < -0.39 is 15.9 Å². The van der Waals surface area contributed by atoms with Gasteiger partial charge in [-0.2, -0.15) is 8.42 Å². The first-order valence-electron chi connectivity index (χ1n) is 9.87. The number of hydrogen-bond donors (Lipinski definition) is 2. The molecule has 160 valence electrons. The van der Waals surface area contributed by atoms with Gasteiger partial charge >= 0.3 is 0 Å². The van der Waals surface area contributed by atoms with Gasteiger partial charge in [0.15, 0.2) is 5.79 Å². The van der Waals surface area contributed by atoms with Gasteiger partial charge in [-0.3, -0.25) is 4.55 Å². The summed E-state index contributed by atoms with van der Waals surface area (Å²) in [5, 5.41) is 3.18. The van der Waals surface area contributed by atoms with Crippen LogP contribution in [0.5, 0.6) is 0 Å². The third-order valence-corrected chi connectivity index (χ3v) is 5.71. The van der Waals surface area contributed by atoms with Gasteiger partial charge in [-0.05, 0) is 45.5 Å². The fourth-order valence-corrected chi connectivity index (χ4v) is 3.65. The number of hydrogen-bond acceptors (Lipinski definition) is 5. The zero-order valence-electron chi connectivity index (χ0n) is 17.3. The molecule has 0 bridgehead atoms. The summed E-state index contributed by atoms with van der Waals surface area (Å²) in [5.41, 5.74) is 2.08. The van der Waals surface area contributed by atoms with Gasteiger partial charge in [0, 0.05) is 12.0 Å². The van der Waals surface area contributed by atoms with Crippen LogP contribution in [0.15, 0.2) is 59.5 Å². The quantitative estimate of drug-likeness (QED) is 0.688. The maximum Gasteiger partial charge on any atom is 0.294 e. The molecule has 29 heavy (non-hydrogen) atoms. The Morgan fingerprint density at radius 2 is 1.79 bits per heavy atom. The van der Waals surface area contributed by atoms with Gasteiger partial charge in [-0.1, -0.05) is 55.0 Å². The Morgan fingerprint density at radius 1 is 1.14 bits per heavy atom. The first-order chi connectivity index (χ1) is 13.8. The molecule has 0 aromatic heterocycles. The topological polar surface area (TPSA) is 84.9 Å². The van der Waals surface area contributed by atoms with Gasteiger partial charge in [0.05, 0.1) is 17.6 Å². The lowest BCUT2D eigenvalue weighted by molar-refractivity contribution is -0.304. The van der Waals surface area contributed by atoms with Crippen molar-refractivity contribution in [1.82, 2.24) is 5.32 Å². The maximum atomic E-state index is 10.5. The molecule has 1 aliphatic heterocycles. The highest BCUT2D eigenvalue weighted by atomic mass is 32.2. The predicted octanol–water partition coefficient (Wildman–Crippen LogP) is 3.91. The Kier molecular flexibility index (Phi) is 8.79. The molecule has 1 fully saturated rings. The highest BCUT2D eigenvalue weighted by Crippen LogP contribution is 2.36. The average Bonchev–Trinajstić information content (AvgIpc) is 2.73. The highest BCUT2D eigenvalue weighted by Gasteiger charge is 2.38. The molecule has 3 rings (SSSR count). The molecule has 0 radical (unpaired) electrons. The van der Waals surface area contributed by atoms with Crippen LogP contribution in [0, 0.1) is 6.92 Å². The molecule has 6 nitrogen and oxygen atoms in total. The molecular weight excluding hydrogens is 390 g/mol. The van der Waals surface area contributed by atoms with Crippen LogP contribution in [0.25, 0.3) is 0 Å². The summed E-state index contributed by atoms with van der Waals surface area (Å²) in [7, 11) is -2.04. The summed E-state index contributed by atoms with van der Waals surface area (Å²) in [6.45, 7) is 5.72. The summed E-state index contributed by atoms with van der Waals surface area (Å²) >= 11 is 0. The van der Waals surface area contributed by atoms with E-state index in [1.807, 2.05) is 32.2 Å². The number of aryl methyl sites for hydroxylation is 1. The standard InChI is InChI=1S/C15H23NO2.C7H8O3S/c1-3-15(13-7-5-4-6-8-13)17-12-10-14(18-15)9-11-16-2;1-6-2-4-7(5-3-6)11(8,9)10/h4-8,14,16H,3,9-12H2,1-2H3;2-5H,1H3,(H,8,9,10)/t14-,15-;/m1./s1. The van der Waals surface area contributed by atoms with Crippen molar-refractivity contribution in [2.24, 2.45) is 0 Å². The molecule has 0 aliphatic carbocycles. The van der Waals surface area contributed by atoms with Crippen molar-refractivity contribution < 1.29 is 22.4 Å². The fraction of sp³-hybridized carbons (Fsp3) is 0.455. The zero-order chi connectivity index (χ0) is 21.3. The minimum Gasteiger partial charge on any atom is -0.346 e. The SMILES string of the molecule is CC[C@@]1(c2ccccc2)OCC[C@@H](CCNC)O1.Cc1ccc(S(=O)(=O)O)cc1. The van der Waals surface area contributed by atoms with Crippen LogP contribution in [-0.4, -0.2) is 39.3 Å². The number of benzene rings is 2. The monoisotopic (exact) mass is 421 g/mol. The number of ether oxygens (including phenoxy) is 2. The average molecular weight is 422 g/mol. The van der Waals surface area contributed by atoms with Crippen molar-refractivity contribution >= 4 is 10.1 Å². The highest BCUT2D eigenvalue weighted by molar-refractivity contribution is 7.85. The van der Waals surface area contributed by atoms with Crippen molar-refractivity contribution in [3.8, 4) is 0 Å². The molecule has 0 saturated carbocycles. The zero-order valence-corrected chi connectivity index (χ0v) is 18.1. The van der Waals surface area contributed by atoms with Crippen LogP contribution in [0.4, 0.5) is 0 Å². The lowest BCUT2D eigenvalue weighted by Crippen LogP contribution is -2.42. The second kappa shape index (κ2) is 10.8. The Balaban J connectivity index is 0.000000234. The minimum atomic E-state index is -4.02. The van der Waals surface area contributed by atoms with E-state index in [-0.39, 0.29) is 11.0 Å². The van der Waals surface area contributed by atoms with Gasteiger partial charge in [-0.15, -0.1) is 0 Å². The van der Waals surface area contributed by atoms with E-state index in [1.165, 1.54) is 12.1 Å². The summed E-state index contributed by atoms with van der Waals surface area (Å²) < 4.78 is 41.8. The van der Waals surface area contributed by atoms with Gasteiger partial charge in [-0.25, -0.2) is 0 Å². The lowest BCUT2D eigenvalue weighted by Gasteiger charge is -2.41. The molecule has 2 atom stereocenters. The van der Waals surface area contributed by atoms with Crippen LogP contribution in [-0.2, 0) is 25.4 Å². The molecule has 0 unspecified atom stereocenters. The van der Waals surface area contributed by atoms with Crippen molar-refractivity contribution in [3.05, 3.63) is 65.7 Å². The Hall–Kier alpha value is -1.77. The first-order valence-corrected chi connectivity index (χ1v) is 11.3. The smallest absolute Gasteiger partial charge is 0.294 e. The second-order valence-corrected chi connectivity index (χ2v) is 8.45. The Bertz CT molecular complexity index is 839. The maximum absolute atomic E-state index is 10.5. The lowest BCUT2D eigenvalue weighted by atomic mass is 10.0. The molecule has 2 N–H and O–H groups in total. The molecule has 2 aromatic carbocycles. The van der Waals surface area contributed by atoms with E-state index in [0.717, 1.165) is 43.5 Å². The molecular formula is C22H31NO5S. The van der Waals surface area contributed by atoms with Crippen molar-refractivity contribution in [2.75, 3.05) is 20.2 Å². The van der Waals surface area contributed by atoms with E-state index >= 15 is 0 Å². The van der Waals surface area contributed by atoms with Crippen LogP contribution >= 0.6 is 0 Å². The fourth-order valence-electron chi connectivity index (χ4n) is 3.17. The van der Waals surface area contributed by atoms with Gasteiger partial charge in [0.2, 0.25) is 0 Å². The predicted molar refractivity (Wildman–Crippen MR) is 113 cm³/mol. The normalized spacial score (nSPS) is 21.9. The molecule has 0 amide bonds. The van der Waals surface area contributed by atoms with Crippen LogP contribution in [0.3, 0.4) is 0 Å². The van der Waals surface area contributed by atoms with Crippen LogP contribution in [0.2, 0.25) is 0 Å². The molecule has 1 heterocycles. The van der Waals surface area contributed by atoms with Gasteiger partial charge in [0.1, 0.15) is 0 Å². The molecule has 1 saturated heterocycles. The summed E-state index contributed by atoms with van der Waals surface area (Å²) in [5.74, 6) is -0.544. The summed E-state index contributed by atoms with van der Waals surface area (Å²) in [6, 6.07) is 16.3. The van der Waals surface area contributed by atoms with Crippen LogP contribution in [0.1, 0.15) is 37.3 Å². The largest absolute Gasteiger partial charge is 0.346 e. The van der Waals surface area contributed by atoms with E-state index in [0.29, 0.717) is 0 Å². The van der Waals surface area contributed by atoms with E-state index in [2.05, 4.69) is 24.4 Å². The molecule has 2 aromatic rings. The van der Waals surface area contributed by atoms with Crippen molar-refractivity contribution in [1.29, 1.82) is 0 Å². The van der Waals surface area contributed by atoms with Crippen LogP contribution < -0.4 is 5.32 Å². The van der Waals surface area contributed by atoms with Gasteiger partial charge < -0.3 is 14.8 Å². The first kappa shape index (κ1) is 23.5. The summed E-state index contributed by atoms with van der Waals surface area (Å²) in [4.78, 5) is -0.0666. The Labute approximate surface area is 174 Å². The number of nitrogens with one attached hydrogen (secondary N) is 1. The second-order valence-electron chi connectivity index (χ2n) is 7.03. The third-order valence-electron chi connectivity index (χ3n) is 4.85. The van der Waals surface area contributed by atoms with E-state index in [1.54, 1.807) is 12.1 Å².